The Balaban J connectivity index is 2.09. The minimum Gasteiger partial charge on any atom is -0.497 e. The van der Waals surface area contributed by atoms with Gasteiger partial charge < -0.3 is 15.2 Å². The monoisotopic (exact) mass is 285 g/mol. The highest BCUT2D eigenvalue weighted by Gasteiger charge is 2.13. The molecule has 0 aromatic heterocycles. The van der Waals surface area contributed by atoms with Gasteiger partial charge in [0.05, 0.1) is 12.7 Å². The largest absolute Gasteiger partial charge is 0.497 e. The lowest BCUT2D eigenvalue weighted by Crippen LogP contribution is -2.08. The number of aryl methyl sites for hydroxylation is 2. The average molecular weight is 285 g/mol. The summed E-state index contributed by atoms with van der Waals surface area (Å²) in [5, 5.41) is 0. The van der Waals surface area contributed by atoms with Crippen LogP contribution < -0.4 is 10.5 Å². The van der Waals surface area contributed by atoms with E-state index in [1.54, 1.807) is 18.2 Å². The zero-order valence-corrected chi connectivity index (χ0v) is 12.5. The van der Waals surface area contributed by atoms with Crippen LogP contribution in [-0.4, -0.2) is 13.1 Å². The van der Waals surface area contributed by atoms with Gasteiger partial charge in [-0.15, -0.1) is 0 Å². The molecule has 0 aliphatic heterocycles. The molecule has 0 fully saturated rings. The number of methoxy groups -OCH3 is 1. The van der Waals surface area contributed by atoms with E-state index in [1.165, 1.54) is 18.2 Å². The predicted octanol–water partition coefficient (Wildman–Crippen LogP) is 3.25. The summed E-state index contributed by atoms with van der Waals surface area (Å²) in [5.74, 6) is 0.118. The molecule has 4 nitrogen and oxygen atoms in total. The van der Waals surface area contributed by atoms with Crippen LogP contribution in [0.25, 0.3) is 0 Å². The van der Waals surface area contributed by atoms with Gasteiger partial charge in [-0.1, -0.05) is 18.2 Å². The Morgan fingerprint density at radius 3 is 2.52 bits per heavy atom. The fourth-order valence-corrected chi connectivity index (χ4v) is 1.96. The highest BCUT2D eigenvalue weighted by Crippen LogP contribution is 2.21. The lowest BCUT2D eigenvalue weighted by molar-refractivity contribution is 0.0473. The van der Waals surface area contributed by atoms with E-state index in [2.05, 4.69) is 0 Å². The molecule has 2 rings (SSSR count). The standard InChI is InChI=1S/C17H19NO3/c1-11-4-5-13(8-12(11)2)10-21-17(19)15-9-14(20-3)6-7-16(15)18/h4-9H,10,18H2,1-3H3. The lowest BCUT2D eigenvalue weighted by atomic mass is 10.1. The number of hydrogen-bond acceptors (Lipinski definition) is 4. The first-order valence-electron chi connectivity index (χ1n) is 6.68. The molecule has 0 radical (unpaired) electrons. The summed E-state index contributed by atoms with van der Waals surface area (Å²) in [6.45, 7) is 4.29. The molecule has 4 heteroatoms. The first kappa shape index (κ1) is 14.9. The SMILES string of the molecule is COc1ccc(N)c(C(=O)OCc2ccc(C)c(C)c2)c1. The van der Waals surface area contributed by atoms with Gasteiger partial charge in [0.1, 0.15) is 12.4 Å². The zero-order valence-electron chi connectivity index (χ0n) is 12.5. The van der Waals surface area contributed by atoms with Gasteiger partial charge in [0, 0.05) is 5.69 Å². The van der Waals surface area contributed by atoms with Crippen LogP contribution in [-0.2, 0) is 11.3 Å². The Morgan fingerprint density at radius 1 is 1.10 bits per heavy atom. The molecule has 2 aromatic rings. The van der Waals surface area contributed by atoms with Gasteiger partial charge in [0.2, 0.25) is 0 Å². The van der Waals surface area contributed by atoms with E-state index in [4.69, 9.17) is 15.2 Å². The van der Waals surface area contributed by atoms with Crippen LogP contribution in [0, 0.1) is 13.8 Å². The van der Waals surface area contributed by atoms with Crippen molar-refractivity contribution >= 4 is 11.7 Å². The topological polar surface area (TPSA) is 61.5 Å². The number of carbonyl (C=O) groups is 1. The predicted molar refractivity (Wildman–Crippen MR) is 82.4 cm³/mol. The minimum atomic E-state index is -0.454. The number of nitrogens with two attached hydrogens (primary N) is 1. The number of esters is 1. The number of hydrogen-bond donors (Lipinski definition) is 1. The van der Waals surface area contributed by atoms with Gasteiger partial charge in [0.25, 0.3) is 0 Å². The molecular formula is C17H19NO3. The maximum absolute atomic E-state index is 12.1. The van der Waals surface area contributed by atoms with E-state index in [0.717, 1.165) is 5.56 Å². The number of nitrogen functional groups attached to an aromatic ring is 1. The molecule has 0 amide bonds. The zero-order chi connectivity index (χ0) is 15.4. The third-order valence-corrected chi connectivity index (χ3v) is 3.42. The van der Waals surface area contributed by atoms with E-state index >= 15 is 0 Å². The highest BCUT2D eigenvalue weighted by molar-refractivity contribution is 5.95. The van der Waals surface area contributed by atoms with Crippen LogP contribution in [0.4, 0.5) is 5.69 Å². The van der Waals surface area contributed by atoms with Crippen molar-refractivity contribution in [3.05, 3.63) is 58.7 Å². The molecule has 0 saturated heterocycles. The van der Waals surface area contributed by atoms with Crippen molar-refractivity contribution in [1.29, 1.82) is 0 Å². The summed E-state index contributed by atoms with van der Waals surface area (Å²) >= 11 is 0. The van der Waals surface area contributed by atoms with E-state index < -0.39 is 5.97 Å². The first-order valence-corrected chi connectivity index (χ1v) is 6.68. The van der Waals surface area contributed by atoms with E-state index in [-0.39, 0.29) is 6.61 Å². The fraction of sp³-hybridized carbons (Fsp3) is 0.235. The lowest BCUT2D eigenvalue weighted by Gasteiger charge is -2.09. The molecule has 0 saturated carbocycles. The molecule has 110 valence electrons. The molecule has 0 aliphatic carbocycles. The molecule has 2 aromatic carbocycles. The maximum Gasteiger partial charge on any atom is 0.340 e. The molecule has 0 unspecified atom stereocenters. The van der Waals surface area contributed by atoms with Crippen molar-refractivity contribution < 1.29 is 14.3 Å². The number of benzene rings is 2. The van der Waals surface area contributed by atoms with Crippen LogP contribution >= 0.6 is 0 Å². The number of ether oxygens (including phenoxy) is 2. The third-order valence-electron chi connectivity index (χ3n) is 3.42. The van der Waals surface area contributed by atoms with Crippen LogP contribution in [0.5, 0.6) is 5.75 Å². The van der Waals surface area contributed by atoms with Crippen molar-refractivity contribution in [3.63, 3.8) is 0 Å². The Hall–Kier alpha value is -2.49. The van der Waals surface area contributed by atoms with Crippen molar-refractivity contribution in [2.24, 2.45) is 0 Å². The molecule has 0 heterocycles. The molecule has 0 spiro atoms. The van der Waals surface area contributed by atoms with Gasteiger partial charge in [-0.3, -0.25) is 0 Å². The molecular weight excluding hydrogens is 266 g/mol. The smallest absolute Gasteiger partial charge is 0.340 e. The van der Waals surface area contributed by atoms with Gasteiger partial charge in [-0.05, 0) is 48.7 Å². The van der Waals surface area contributed by atoms with Crippen molar-refractivity contribution in [1.82, 2.24) is 0 Å². The normalized spacial score (nSPS) is 10.2. The summed E-state index contributed by atoms with van der Waals surface area (Å²) in [5.41, 5.74) is 9.83. The number of carbonyl (C=O) groups excluding carboxylic acids is 1. The van der Waals surface area contributed by atoms with E-state index in [9.17, 15) is 4.79 Å². The average Bonchev–Trinajstić information content (AvgIpc) is 2.48. The first-order chi connectivity index (χ1) is 10.0. The van der Waals surface area contributed by atoms with Gasteiger partial charge in [-0.25, -0.2) is 4.79 Å². The summed E-state index contributed by atoms with van der Waals surface area (Å²) in [6.07, 6.45) is 0. The van der Waals surface area contributed by atoms with Gasteiger partial charge in [-0.2, -0.15) is 0 Å². The summed E-state index contributed by atoms with van der Waals surface area (Å²) in [4.78, 5) is 12.1. The number of anilines is 1. The number of rotatable bonds is 4. The van der Waals surface area contributed by atoms with Gasteiger partial charge in [0.15, 0.2) is 0 Å². The van der Waals surface area contributed by atoms with Crippen molar-refractivity contribution in [2.75, 3.05) is 12.8 Å². The minimum absolute atomic E-state index is 0.219. The van der Waals surface area contributed by atoms with Crippen LogP contribution in [0.1, 0.15) is 27.0 Å². The summed E-state index contributed by atoms with van der Waals surface area (Å²) < 4.78 is 10.4. The molecule has 0 bridgehead atoms. The maximum atomic E-state index is 12.1. The van der Waals surface area contributed by atoms with Crippen molar-refractivity contribution in [2.45, 2.75) is 20.5 Å². The molecule has 0 atom stereocenters. The quantitative estimate of drug-likeness (QED) is 0.692. The van der Waals surface area contributed by atoms with E-state index in [0.29, 0.717) is 17.0 Å². The second-order valence-electron chi connectivity index (χ2n) is 4.95. The summed E-state index contributed by atoms with van der Waals surface area (Å²) in [7, 11) is 1.54. The Labute approximate surface area is 124 Å². The van der Waals surface area contributed by atoms with E-state index in [1.807, 2.05) is 32.0 Å². The fourth-order valence-electron chi connectivity index (χ4n) is 1.96. The van der Waals surface area contributed by atoms with Crippen LogP contribution in [0.2, 0.25) is 0 Å². The van der Waals surface area contributed by atoms with Crippen molar-refractivity contribution in [3.8, 4) is 5.75 Å². The van der Waals surface area contributed by atoms with Crippen LogP contribution in [0.3, 0.4) is 0 Å². The second-order valence-corrected chi connectivity index (χ2v) is 4.95. The molecule has 2 N–H and O–H groups in total. The third kappa shape index (κ3) is 3.54. The second kappa shape index (κ2) is 6.31. The van der Waals surface area contributed by atoms with Gasteiger partial charge >= 0.3 is 5.97 Å². The molecule has 0 aliphatic rings. The highest BCUT2D eigenvalue weighted by atomic mass is 16.5. The molecule has 21 heavy (non-hydrogen) atoms. The Morgan fingerprint density at radius 2 is 1.86 bits per heavy atom. The Bertz CT molecular complexity index is 665. The Kier molecular flexibility index (Phi) is 4.48. The van der Waals surface area contributed by atoms with Crippen LogP contribution in [0.15, 0.2) is 36.4 Å². The summed E-state index contributed by atoms with van der Waals surface area (Å²) in [6, 6.07) is 10.9.